The molecule has 0 aliphatic heterocycles. The Hall–Kier alpha value is -0.180. The fourth-order valence-electron chi connectivity index (χ4n) is 2.13. The fourth-order valence-corrected chi connectivity index (χ4v) is 2.74. The minimum Gasteiger partial charge on any atom is -0.355 e. The second-order valence-electron chi connectivity index (χ2n) is 5.36. The van der Waals surface area contributed by atoms with E-state index in [2.05, 4.69) is 9.88 Å². The highest BCUT2D eigenvalue weighted by Crippen LogP contribution is 2.38. The van der Waals surface area contributed by atoms with Gasteiger partial charge >= 0.3 is 0 Å². The molecule has 2 saturated carbocycles. The number of hydrogen-bond acceptors (Lipinski definition) is 2. The van der Waals surface area contributed by atoms with Crippen molar-refractivity contribution in [3.63, 3.8) is 0 Å². The van der Waals surface area contributed by atoms with Crippen molar-refractivity contribution < 1.29 is 0 Å². The Morgan fingerprint density at radius 1 is 1.00 bits per heavy atom. The van der Waals surface area contributed by atoms with E-state index < -0.39 is 0 Å². The van der Waals surface area contributed by atoms with Crippen LogP contribution in [0.2, 0.25) is 15.2 Å². The van der Waals surface area contributed by atoms with Gasteiger partial charge in [-0.3, -0.25) is 0 Å². The van der Waals surface area contributed by atoms with Crippen LogP contribution in [-0.4, -0.2) is 18.1 Å². The predicted octanol–water partition coefficient (Wildman–Crippen LogP) is 4.67. The molecule has 2 fully saturated rings. The largest absolute Gasteiger partial charge is 0.355 e. The van der Waals surface area contributed by atoms with Crippen LogP contribution in [0, 0.1) is 11.8 Å². The molecule has 0 aromatic carbocycles. The molecule has 0 saturated heterocycles. The summed E-state index contributed by atoms with van der Waals surface area (Å²) in [4.78, 5) is 6.65. The quantitative estimate of drug-likeness (QED) is 0.735. The van der Waals surface area contributed by atoms with Crippen molar-refractivity contribution in [2.24, 2.45) is 11.8 Å². The zero-order chi connectivity index (χ0) is 12.7. The number of nitrogens with zero attached hydrogens (tertiary/aromatic N) is 2. The summed E-state index contributed by atoms with van der Waals surface area (Å²) in [6.07, 6.45) is 5.28. The molecule has 2 aliphatic rings. The molecule has 0 unspecified atom stereocenters. The lowest BCUT2D eigenvalue weighted by Gasteiger charge is -2.25. The number of hydrogen-bond donors (Lipinski definition) is 0. The number of anilines is 1. The van der Waals surface area contributed by atoms with E-state index in [-0.39, 0.29) is 0 Å². The van der Waals surface area contributed by atoms with Crippen molar-refractivity contribution >= 4 is 40.6 Å². The van der Waals surface area contributed by atoms with Gasteiger partial charge in [0.1, 0.15) is 11.0 Å². The van der Waals surface area contributed by atoms with E-state index in [1.807, 2.05) is 0 Å². The van der Waals surface area contributed by atoms with Crippen molar-refractivity contribution in [1.82, 2.24) is 4.98 Å². The van der Waals surface area contributed by atoms with Crippen LogP contribution >= 0.6 is 34.8 Å². The highest BCUT2D eigenvalue weighted by Gasteiger charge is 2.30. The van der Waals surface area contributed by atoms with Crippen LogP contribution in [0.3, 0.4) is 0 Å². The van der Waals surface area contributed by atoms with Gasteiger partial charge in [-0.15, -0.1) is 0 Å². The average molecular weight is 306 g/mol. The summed E-state index contributed by atoms with van der Waals surface area (Å²) in [5, 5.41) is 1.36. The zero-order valence-corrected chi connectivity index (χ0v) is 12.3. The summed E-state index contributed by atoms with van der Waals surface area (Å²) in [7, 11) is 0. The molecule has 1 heterocycles. The second-order valence-corrected chi connectivity index (χ2v) is 6.53. The molecule has 0 atom stereocenters. The van der Waals surface area contributed by atoms with Gasteiger partial charge in [0.05, 0.1) is 10.0 Å². The summed E-state index contributed by atoms with van der Waals surface area (Å²) in [6, 6.07) is 1.70. The molecule has 0 N–H and O–H groups in total. The number of aromatic nitrogens is 1. The van der Waals surface area contributed by atoms with Crippen molar-refractivity contribution in [1.29, 1.82) is 0 Å². The lowest BCUT2D eigenvalue weighted by atomic mass is 10.3. The summed E-state index contributed by atoms with van der Waals surface area (Å²) in [5.74, 6) is 2.40. The van der Waals surface area contributed by atoms with Gasteiger partial charge in [0, 0.05) is 13.1 Å². The highest BCUT2D eigenvalue weighted by molar-refractivity contribution is 6.42. The Morgan fingerprint density at radius 2 is 1.56 bits per heavy atom. The molecule has 0 bridgehead atoms. The van der Waals surface area contributed by atoms with Crippen LogP contribution in [0.4, 0.5) is 5.82 Å². The molecule has 1 aromatic rings. The molecule has 98 valence electrons. The first-order valence-electron chi connectivity index (χ1n) is 6.40. The Kier molecular flexibility index (Phi) is 3.61. The summed E-state index contributed by atoms with van der Waals surface area (Å²) in [6.45, 7) is 2.09. The standard InChI is InChI=1S/C13H15Cl3N2/c14-10-5-11(15)13(17-12(10)16)18(6-8-1-2-8)7-9-3-4-9/h5,8-9H,1-4,6-7H2. The molecule has 0 radical (unpaired) electrons. The van der Waals surface area contributed by atoms with Crippen LogP contribution in [0.25, 0.3) is 0 Å². The maximum atomic E-state index is 6.26. The monoisotopic (exact) mass is 304 g/mol. The molecular weight excluding hydrogens is 291 g/mol. The molecule has 2 nitrogen and oxygen atoms in total. The van der Waals surface area contributed by atoms with E-state index in [4.69, 9.17) is 34.8 Å². The molecule has 0 spiro atoms. The lowest BCUT2D eigenvalue weighted by Crippen LogP contribution is -2.29. The Morgan fingerprint density at radius 3 is 2.06 bits per heavy atom. The van der Waals surface area contributed by atoms with E-state index in [0.29, 0.717) is 15.2 Å². The van der Waals surface area contributed by atoms with E-state index in [1.165, 1.54) is 25.7 Å². The molecule has 18 heavy (non-hydrogen) atoms. The maximum Gasteiger partial charge on any atom is 0.150 e. The molecule has 3 rings (SSSR count). The van der Waals surface area contributed by atoms with Gasteiger partial charge in [-0.1, -0.05) is 34.8 Å². The average Bonchev–Trinajstić information content (AvgIpc) is 3.17. The smallest absolute Gasteiger partial charge is 0.150 e. The second kappa shape index (κ2) is 5.07. The van der Waals surface area contributed by atoms with Crippen LogP contribution in [0.15, 0.2) is 6.07 Å². The third-order valence-electron chi connectivity index (χ3n) is 3.52. The maximum absolute atomic E-state index is 6.26. The molecule has 5 heteroatoms. The van der Waals surface area contributed by atoms with Crippen LogP contribution in [0.5, 0.6) is 0 Å². The van der Waals surface area contributed by atoms with Gasteiger partial charge in [0.25, 0.3) is 0 Å². The van der Waals surface area contributed by atoms with Gasteiger partial charge < -0.3 is 4.90 Å². The minimum absolute atomic E-state index is 0.340. The van der Waals surface area contributed by atoms with Crippen molar-refractivity contribution in [3.8, 4) is 0 Å². The van der Waals surface area contributed by atoms with Gasteiger partial charge in [0.2, 0.25) is 0 Å². The van der Waals surface area contributed by atoms with Crippen LogP contribution in [-0.2, 0) is 0 Å². The predicted molar refractivity (Wildman–Crippen MR) is 76.9 cm³/mol. The molecule has 1 aromatic heterocycles. The first kappa shape index (κ1) is 12.8. The first-order chi connectivity index (χ1) is 8.63. The molecular formula is C13H15Cl3N2. The minimum atomic E-state index is 0.340. The van der Waals surface area contributed by atoms with Crippen molar-refractivity contribution in [2.45, 2.75) is 25.7 Å². The molecule has 0 amide bonds. The fraction of sp³-hybridized carbons (Fsp3) is 0.615. The van der Waals surface area contributed by atoms with E-state index in [9.17, 15) is 0 Å². The topological polar surface area (TPSA) is 16.1 Å². The van der Waals surface area contributed by atoms with Gasteiger partial charge in [0.15, 0.2) is 0 Å². The van der Waals surface area contributed by atoms with E-state index >= 15 is 0 Å². The Balaban J connectivity index is 1.84. The highest BCUT2D eigenvalue weighted by atomic mass is 35.5. The summed E-state index contributed by atoms with van der Waals surface area (Å²) < 4.78 is 0. The zero-order valence-electron chi connectivity index (χ0n) is 10.0. The molecule has 2 aliphatic carbocycles. The van der Waals surface area contributed by atoms with Crippen molar-refractivity contribution in [3.05, 3.63) is 21.3 Å². The summed E-state index contributed by atoms with van der Waals surface area (Å²) >= 11 is 18.2. The number of halogens is 3. The van der Waals surface area contributed by atoms with E-state index in [1.54, 1.807) is 6.07 Å². The van der Waals surface area contributed by atoms with Gasteiger partial charge in [-0.05, 0) is 43.6 Å². The lowest BCUT2D eigenvalue weighted by molar-refractivity contribution is 0.672. The van der Waals surface area contributed by atoms with Crippen LogP contribution in [0.1, 0.15) is 25.7 Å². The van der Waals surface area contributed by atoms with Gasteiger partial charge in [-0.2, -0.15) is 0 Å². The van der Waals surface area contributed by atoms with E-state index in [0.717, 1.165) is 30.7 Å². The first-order valence-corrected chi connectivity index (χ1v) is 7.53. The van der Waals surface area contributed by atoms with Crippen LogP contribution < -0.4 is 4.90 Å². The summed E-state index contributed by atoms with van der Waals surface area (Å²) in [5.41, 5.74) is 0. The SMILES string of the molecule is Clc1cc(Cl)c(N(CC2CC2)CC2CC2)nc1Cl. The van der Waals surface area contributed by atoms with Crippen molar-refractivity contribution in [2.75, 3.05) is 18.0 Å². The third kappa shape index (κ3) is 3.04. The number of pyridine rings is 1. The Labute approximate surface area is 122 Å². The number of rotatable bonds is 5. The van der Waals surface area contributed by atoms with Gasteiger partial charge in [-0.25, -0.2) is 4.98 Å². The third-order valence-corrected chi connectivity index (χ3v) is 4.47. The normalized spacial score (nSPS) is 19.1. The Bertz CT molecular complexity index is 442.